The van der Waals surface area contributed by atoms with Gasteiger partial charge < -0.3 is 10.5 Å². The minimum Gasteiger partial charge on any atom is -0.497 e. The normalized spacial score (nSPS) is 11.2. The second-order valence-corrected chi connectivity index (χ2v) is 6.76. The smallest absolute Gasteiger partial charge is 0.264 e. The molecule has 0 fully saturated rings. The summed E-state index contributed by atoms with van der Waals surface area (Å²) in [6.45, 7) is 0. The van der Waals surface area contributed by atoms with Gasteiger partial charge in [0.25, 0.3) is 10.0 Å². The molecule has 21 heavy (non-hydrogen) atoms. The predicted molar refractivity (Wildman–Crippen MR) is 84.4 cm³/mol. The molecule has 112 valence electrons. The highest BCUT2D eigenvalue weighted by Crippen LogP contribution is 2.30. The molecule has 0 spiro atoms. The van der Waals surface area contributed by atoms with Crippen LogP contribution in [-0.4, -0.2) is 22.6 Å². The van der Waals surface area contributed by atoms with E-state index in [2.05, 4.69) is 0 Å². The van der Waals surface area contributed by atoms with Gasteiger partial charge in [0, 0.05) is 12.1 Å². The number of ether oxygens (including phenoxy) is 1. The molecule has 0 amide bonds. The van der Waals surface area contributed by atoms with Gasteiger partial charge in [0.15, 0.2) is 0 Å². The summed E-state index contributed by atoms with van der Waals surface area (Å²) in [5.41, 5.74) is 6.49. The van der Waals surface area contributed by atoms with Crippen molar-refractivity contribution in [3.05, 3.63) is 47.5 Å². The molecule has 2 aromatic rings. The first-order valence-electron chi connectivity index (χ1n) is 6.04. The summed E-state index contributed by atoms with van der Waals surface area (Å²) in [5, 5.41) is 0.413. The number of methoxy groups -OCH3 is 1. The number of nitrogen functional groups attached to an aromatic ring is 1. The van der Waals surface area contributed by atoms with Crippen molar-refractivity contribution >= 4 is 33.0 Å². The van der Waals surface area contributed by atoms with Crippen molar-refractivity contribution in [3.8, 4) is 5.75 Å². The maximum atomic E-state index is 12.6. The van der Waals surface area contributed by atoms with Gasteiger partial charge in [-0.2, -0.15) is 0 Å². The highest BCUT2D eigenvalue weighted by atomic mass is 35.5. The minimum atomic E-state index is -3.72. The van der Waals surface area contributed by atoms with Crippen LogP contribution in [0.25, 0.3) is 0 Å². The molecule has 2 N–H and O–H groups in total. The van der Waals surface area contributed by atoms with Crippen molar-refractivity contribution in [1.29, 1.82) is 0 Å². The van der Waals surface area contributed by atoms with Crippen LogP contribution in [0.15, 0.2) is 47.4 Å². The quantitative estimate of drug-likeness (QED) is 0.877. The van der Waals surface area contributed by atoms with Gasteiger partial charge in [0.2, 0.25) is 0 Å². The molecular weight excluding hydrogens is 312 g/mol. The molecule has 0 aliphatic carbocycles. The van der Waals surface area contributed by atoms with E-state index in [0.29, 0.717) is 22.1 Å². The standard InChI is InChI=1S/C14H15ClN2O3S/c1-17(14-9-10(15)3-8-13(14)16)21(18,19)12-6-4-11(20-2)5-7-12/h3-9H,16H2,1-2H3. The first kappa shape index (κ1) is 15.5. The third-order valence-electron chi connectivity index (χ3n) is 3.05. The van der Waals surface area contributed by atoms with Gasteiger partial charge in [-0.25, -0.2) is 8.42 Å². The molecule has 5 nitrogen and oxygen atoms in total. The number of nitrogens with two attached hydrogens (primary N) is 1. The highest BCUT2D eigenvalue weighted by Gasteiger charge is 2.23. The van der Waals surface area contributed by atoms with Gasteiger partial charge in [0.1, 0.15) is 5.75 Å². The monoisotopic (exact) mass is 326 g/mol. The Morgan fingerprint density at radius 1 is 1.14 bits per heavy atom. The summed E-state index contributed by atoms with van der Waals surface area (Å²) < 4.78 is 31.3. The third-order valence-corrected chi connectivity index (χ3v) is 5.07. The number of hydrogen-bond donors (Lipinski definition) is 1. The van der Waals surface area contributed by atoms with Crippen LogP contribution in [0, 0.1) is 0 Å². The number of hydrogen-bond acceptors (Lipinski definition) is 4. The highest BCUT2D eigenvalue weighted by molar-refractivity contribution is 7.92. The Bertz CT molecular complexity index is 745. The average Bonchev–Trinajstić information content (AvgIpc) is 2.49. The Balaban J connectivity index is 2.44. The average molecular weight is 327 g/mol. The Labute approximate surface area is 128 Å². The first-order chi connectivity index (χ1) is 9.86. The van der Waals surface area contributed by atoms with Crippen LogP contribution in [-0.2, 0) is 10.0 Å². The lowest BCUT2D eigenvalue weighted by Crippen LogP contribution is -2.27. The molecule has 0 aliphatic heterocycles. The molecule has 0 saturated carbocycles. The van der Waals surface area contributed by atoms with Crippen LogP contribution >= 0.6 is 11.6 Å². The van der Waals surface area contributed by atoms with E-state index in [9.17, 15) is 8.42 Å². The Kier molecular flexibility index (Phi) is 4.29. The van der Waals surface area contributed by atoms with Crippen LogP contribution in [0.4, 0.5) is 11.4 Å². The summed E-state index contributed by atoms with van der Waals surface area (Å²) in [6, 6.07) is 10.8. The van der Waals surface area contributed by atoms with E-state index in [4.69, 9.17) is 22.1 Å². The number of sulfonamides is 1. The first-order valence-corrected chi connectivity index (χ1v) is 7.86. The number of benzene rings is 2. The summed E-state index contributed by atoms with van der Waals surface area (Å²) in [5.74, 6) is 0.582. The van der Waals surface area contributed by atoms with Gasteiger partial charge >= 0.3 is 0 Å². The zero-order chi connectivity index (χ0) is 15.6. The molecule has 0 aliphatic rings. The fourth-order valence-corrected chi connectivity index (χ4v) is 3.20. The van der Waals surface area contributed by atoms with E-state index >= 15 is 0 Å². The van der Waals surface area contributed by atoms with Crippen LogP contribution in [0.2, 0.25) is 5.02 Å². The molecule has 2 aromatic carbocycles. The molecule has 2 rings (SSSR count). The zero-order valence-electron chi connectivity index (χ0n) is 11.6. The molecule has 0 atom stereocenters. The lowest BCUT2D eigenvalue weighted by Gasteiger charge is -2.21. The van der Waals surface area contributed by atoms with Gasteiger partial charge in [-0.3, -0.25) is 4.31 Å². The van der Waals surface area contributed by atoms with Crippen LogP contribution in [0.1, 0.15) is 0 Å². The van der Waals surface area contributed by atoms with E-state index in [0.717, 1.165) is 4.31 Å². The Morgan fingerprint density at radius 3 is 2.33 bits per heavy atom. The molecule has 0 saturated heterocycles. The SMILES string of the molecule is COc1ccc(S(=O)(=O)N(C)c2cc(Cl)ccc2N)cc1. The minimum absolute atomic E-state index is 0.144. The van der Waals surface area contributed by atoms with E-state index in [1.54, 1.807) is 24.3 Å². The second-order valence-electron chi connectivity index (χ2n) is 4.35. The summed E-state index contributed by atoms with van der Waals surface area (Å²) in [6.07, 6.45) is 0. The van der Waals surface area contributed by atoms with Crippen molar-refractivity contribution in [2.45, 2.75) is 4.90 Å². The van der Waals surface area contributed by atoms with E-state index in [1.165, 1.54) is 32.4 Å². The van der Waals surface area contributed by atoms with E-state index in [1.807, 2.05) is 0 Å². The topological polar surface area (TPSA) is 72.6 Å². The molecule has 0 bridgehead atoms. The second kappa shape index (κ2) is 5.83. The Morgan fingerprint density at radius 2 is 1.76 bits per heavy atom. The molecule has 7 heteroatoms. The Hall–Kier alpha value is -1.92. The fraction of sp³-hybridized carbons (Fsp3) is 0.143. The maximum Gasteiger partial charge on any atom is 0.264 e. The molecular formula is C14H15ClN2O3S. The van der Waals surface area contributed by atoms with Crippen LogP contribution < -0.4 is 14.8 Å². The van der Waals surface area contributed by atoms with Crippen molar-refractivity contribution in [2.75, 3.05) is 24.2 Å². The van der Waals surface area contributed by atoms with Crippen LogP contribution in [0.3, 0.4) is 0 Å². The molecule has 0 unspecified atom stereocenters. The van der Waals surface area contributed by atoms with Gasteiger partial charge in [-0.15, -0.1) is 0 Å². The maximum absolute atomic E-state index is 12.6. The lowest BCUT2D eigenvalue weighted by molar-refractivity contribution is 0.414. The van der Waals surface area contributed by atoms with Crippen molar-refractivity contribution in [1.82, 2.24) is 0 Å². The summed E-state index contributed by atoms with van der Waals surface area (Å²) in [7, 11) is -0.769. The van der Waals surface area contributed by atoms with E-state index < -0.39 is 10.0 Å². The van der Waals surface area contributed by atoms with Gasteiger partial charge in [-0.05, 0) is 42.5 Å². The largest absolute Gasteiger partial charge is 0.497 e. The van der Waals surface area contributed by atoms with Gasteiger partial charge in [-0.1, -0.05) is 11.6 Å². The summed E-state index contributed by atoms with van der Waals surface area (Å²) in [4.78, 5) is 0.144. The summed E-state index contributed by atoms with van der Waals surface area (Å²) >= 11 is 5.90. The number of anilines is 2. The van der Waals surface area contributed by atoms with Crippen LogP contribution in [0.5, 0.6) is 5.75 Å². The number of halogens is 1. The third kappa shape index (κ3) is 3.06. The van der Waals surface area contributed by atoms with Gasteiger partial charge in [0.05, 0.1) is 23.4 Å². The predicted octanol–water partition coefficient (Wildman–Crippen LogP) is 2.76. The lowest BCUT2D eigenvalue weighted by atomic mass is 10.3. The number of rotatable bonds is 4. The number of nitrogens with zero attached hydrogens (tertiary/aromatic N) is 1. The van der Waals surface area contributed by atoms with E-state index in [-0.39, 0.29) is 4.90 Å². The van der Waals surface area contributed by atoms with Crippen molar-refractivity contribution in [3.63, 3.8) is 0 Å². The molecule has 0 heterocycles. The zero-order valence-corrected chi connectivity index (χ0v) is 13.1. The van der Waals surface area contributed by atoms with Crippen molar-refractivity contribution in [2.24, 2.45) is 0 Å². The molecule has 0 radical (unpaired) electrons. The fourth-order valence-electron chi connectivity index (χ4n) is 1.82. The molecule has 0 aromatic heterocycles. The van der Waals surface area contributed by atoms with Crippen molar-refractivity contribution < 1.29 is 13.2 Å².